The number of rotatable bonds is 6. The lowest BCUT2D eigenvalue weighted by Crippen LogP contribution is -2.45. The van der Waals surface area contributed by atoms with Gasteiger partial charge in [0.2, 0.25) is 0 Å². The van der Waals surface area contributed by atoms with Gasteiger partial charge in [0.1, 0.15) is 0 Å². The molecule has 1 rings (SSSR count). The van der Waals surface area contributed by atoms with Crippen LogP contribution in [0, 0.1) is 0 Å². The molecule has 0 saturated heterocycles. The molecule has 0 spiro atoms. The minimum Gasteiger partial charge on any atom is -0.311 e. The van der Waals surface area contributed by atoms with Crippen molar-refractivity contribution in [2.75, 3.05) is 20.1 Å². The molecular weight excluding hydrogens is 228 g/mol. The summed E-state index contributed by atoms with van der Waals surface area (Å²) in [5.41, 5.74) is 0.211. The minimum absolute atomic E-state index is 0.211. The molecule has 3 heteroatoms. The van der Waals surface area contributed by atoms with Gasteiger partial charge in [0.25, 0.3) is 0 Å². The Labute approximate surface area is 110 Å². The molecule has 0 fully saturated rings. The van der Waals surface area contributed by atoms with Crippen molar-refractivity contribution in [2.24, 2.45) is 0 Å². The number of thiophene rings is 1. The molecule has 1 aromatic rings. The van der Waals surface area contributed by atoms with Crippen molar-refractivity contribution in [2.45, 2.75) is 45.7 Å². The molecule has 17 heavy (non-hydrogen) atoms. The van der Waals surface area contributed by atoms with Crippen molar-refractivity contribution in [3.63, 3.8) is 0 Å². The molecule has 0 aliphatic rings. The molecule has 2 nitrogen and oxygen atoms in total. The Balaban J connectivity index is 2.24. The standard InChI is InChI=1S/C14H26N2S/c1-12(11-15-14(2,3)4)16(5)9-8-13-7-6-10-17-13/h6-7,10,12,15H,8-9,11H2,1-5H3. The van der Waals surface area contributed by atoms with E-state index in [1.807, 2.05) is 11.3 Å². The highest BCUT2D eigenvalue weighted by Gasteiger charge is 2.13. The molecular formula is C14H26N2S. The zero-order valence-corrected chi connectivity index (χ0v) is 12.6. The van der Waals surface area contributed by atoms with Crippen molar-refractivity contribution in [3.8, 4) is 0 Å². The van der Waals surface area contributed by atoms with Crippen LogP contribution < -0.4 is 5.32 Å². The third-order valence-electron chi connectivity index (χ3n) is 2.97. The van der Waals surface area contributed by atoms with Crippen LogP contribution in [0.1, 0.15) is 32.6 Å². The summed E-state index contributed by atoms with van der Waals surface area (Å²) in [5, 5.41) is 5.71. The van der Waals surface area contributed by atoms with Crippen molar-refractivity contribution >= 4 is 11.3 Å². The molecule has 0 bridgehead atoms. The van der Waals surface area contributed by atoms with Gasteiger partial charge in [-0.25, -0.2) is 0 Å². The SMILES string of the molecule is CC(CNC(C)(C)C)N(C)CCc1cccs1. The van der Waals surface area contributed by atoms with Crippen LogP contribution in [0.2, 0.25) is 0 Å². The van der Waals surface area contributed by atoms with Gasteiger partial charge in [0.05, 0.1) is 0 Å². The molecule has 1 aromatic heterocycles. The zero-order valence-electron chi connectivity index (χ0n) is 11.8. The summed E-state index contributed by atoms with van der Waals surface area (Å²) in [6.07, 6.45) is 1.16. The summed E-state index contributed by atoms with van der Waals surface area (Å²) in [7, 11) is 2.21. The topological polar surface area (TPSA) is 15.3 Å². The third kappa shape index (κ3) is 6.20. The molecule has 0 saturated carbocycles. The van der Waals surface area contributed by atoms with Crippen LogP contribution in [0.25, 0.3) is 0 Å². The Morgan fingerprint density at radius 3 is 2.65 bits per heavy atom. The van der Waals surface area contributed by atoms with Crippen LogP contribution in [-0.2, 0) is 6.42 Å². The molecule has 1 N–H and O–H groups in total. The number of nitrogens with zero attached hydrogens (tertiary/aromatic N) is 1. The van der Waals surface area contributed by atoms with Crippen molar-refractivity contribution in [3.05, 3.63) is 22.4 Å². The van der Waals surface area contributed by atoms with E-state index < -0.39 is 0 Å². The van der Waals surface area contributed by atoms with Crippen molar-refractivity contribution in [1.29, 1.82) is 0 Å². The predicted octanol–water partition coefficient (Wildman–Crippen LogP) is 3.00. The molecule has 0 amide bonds. The van der Waals surface area contributed by atoms with E-state index in [0.717, 1.165) is 19.5 Å². The van der Waals surface area contributed by atoms with E-state index in [1.54, 1.807) is 0 Å². The van der Waals surface area contributed by atoms with Crippen LogP contribution in [0.15, 0.2) is 17.5 Å². The van der Waals surface area contributed by atoms with E-state index >= 15 is 0 Å². The lowest BCUT2D eigenvalue weighted by molar-refractivity contribution is 0.238. The average Bonchev–Trinajstić information content (AvgIpc) is 2.74. The fourth-order valence-electron chi connectivity index (χ4n) is 1.57. The molecule has 98 valence electrons. The summed E-state index contributed by atoms with van der Waals surface area (Å²) < 4.78 is 0. The van der Waals surface area contributed by atoms with Crippen molar-refractivity contribution < 1.29 is 0 Å². The van der Waals surface area contributed by atoms with Gasteiger partial charge in [-0.2, -0.15) is 0 Å². The van der Waals surface area contributed by atoms with E-state index in [0.29, 0.717) is 6.04 Å². The maximum absolute atomic E-state index is 3.56. The quantitative estimate of drug-likeness (QED) is 0.839. The fraction of sp³-hybridized carbons (Fsp3) is 0.714. The lowest BCUT2D eigenvalue weighted by Gasteiger charge is -2.29. The maximum Gasteiger partial charge on any atom is 0.0189 e. The third-order valence-corrected chi connectivity index (χ3v) is 3.91. The molecule has 0 aliphatic carbocycles. The lowest BCUT2D eigenvalue weighted by atomic mass is 10.1. The normalized spacial score (nSPS) is 14.2. The van der Waals surface area contributed by atoms with Gasteiger partial charge in [0, 0.05) is 29.5 Å². The van der Waals surface area contributed by atoms with Gasteiger partial charge in [-0.15, -0.1) is 11.3 Å². The first-order valence-electron chi connectivity index (χ1n) is 6.36. The second kappa shape index (κ2) is 6.53. The summed E-state index contributed by atoms with van der Waals surface area (Å²) in [4.78, 5) is 3.91. The van der Waals surface area contributed by atoms with Crippen LogP contribution in [0.5, 0.6) is 0 Å². The first-order valence-corrected chi connectivity index (χ1v) is 7.24. The highest BCUT2D eigenvalue weighted by molar-refractivity contribution is 7.09. The molecule has 1 heterocycles. The highest BCUT2D eigenvalue weighted by Crippen LogP contribution is 2.10. The maximum atomic E-state index is 3.56. The van der Waals surface area contributed by atoms with Crippen LogP contribution in [-0.4, -0.2) is 36.6 Å². The Bertz CT molecular complexity index is 301. The summed E-state index contributed by atoms with van der Waals surface area (Å²) in [6, 6.07) is 4.93. The minimum atomic E-state index is 0.211. The van der Waals surface area contributed by atoms with E-state index in [1.165, 1.54) is 4.88 Å². The predicted molar refractivity (Wildman–Crippen MR) is 77.9 cm³/mol. The first kappa shape index (κ1) is 14.7. The van der Waals surface area contributed by atoms with Gasteiger partial charge < -0.3 is 10.2 Å². The van der Waals surface area contributed by atoms with Crippen LogP contribution >= 0.6 is 11.3 Å². The van der Waals surface area contributed by atoms with Gasteiger partial charge in [-0.3, -0.25) is 0 Å². The Morgan fingerprint density at radius 2 is 2.12 bits per heavy atom. The number of likely N-dealkylation sites (N-methyl/N-ethyl adjacent to an activating group) is 1. The van der Waals surface area contributed by atoms with Crippen LogP contribution in [0.4, 0.5) is 0 Å². The van der Waals surface area contributed by atoms with Gasteiger partial charge in [-0.1, -0.05) is 6.07 Å². The molecule has 0 aliphatic heterocycles. The van der Waals surface area contributed by atoms with Gasteiger partial charge >= 0.3 is 0 Å². The van der Waals surface area contributed by atoms with E-state index in [-0.39, 0.29) is 5.54 Å². The fourth-order valence-corrected chi connectivity index (χ4v) is 2.27. The van der Waals surface area contributed by atoms with E-state index in [4.69, 9.17) is 0 Å². The summed E-state index contributed by atoms with van der Waals surface area (Å²) in [6.45, 7) is 11.1. The van der Waals surface area contributed by atoms with Crippen LogP contribution in [0.3, 0.4) is 0 Å². The average molecular weight is 254 g/mol. The Hall–Kier alpha value is -0.380. The highest BCUT2D eigenvalue weighted by atomic mass is 32.1. The molecule has 1 unspecified atom stereocenters. The number of hydrogen-bond donors (Lipinski definition) is 1. The molecule has 0 radical (unpaired) electrons. The Kier molecular flexibility index (Phi) is 5.63. The van der Waals surface area contributed by atoms with Gasteiger partial charge in [-0.05, 0) is 52.6 Å². The largest absolute Gasteiger partial charge is 0.311 e. The number of nitrogens with one attached hydrogen (secondary N) is 1. The molecule has 0 aromatic carbocycles. The Morgan fingerprint density at radius 1 is 1.41 bits per heavy atom. The van der Waals surface area contributed by atoms with Crippen molar-refractivity contribution in [1.82, 2.24) is 10.2 Å². The second-order valence-corrected chi connectivity index (χ2v) is 6.82. The smallest absolute Gasteiger partial charge is 0.0189 e. The first-order chi connectivity index (χ1) is 7.88. The monoisotopic (exact) mass is 254 g/mol. The molecule has 1 atom stereocenters. The summed E-state index contributed by atoms with van der Waals surface area (Å²) in [5.74, 6) is 0. The van der Waals surface area contributed by atoms with Gasteiger partial charge in [0.15, 0.2) is 0 Å². The summed E-state index contributed by atoms with van der Waals surface area (Å²) >= 11 is 1.85. The second-order valence-electron chi connectivity index (χ2n) is 5.79. The van der Waals surface area contributed by atoms with E-state index in [9.17, 15) is 0 Å². The number of hydrogen-bond acceptors (Lipinski definition) is 3. The van der Waals surface area contributed by atoms with E-state index in [2.05, 4.69) is 62.5 Å². The zero-order chi connectivity index (χ0) is 12.9.